The maximum Gasteiger partial charge on any atom is 0.100 e. The van der Waals surface area contributed by atoms with Gasteiger partial charge in [-0.2, -0.15) is 0 Å². The van der Waals surface area contributed by atoms with E-state index in [1.165, 1.54) is 16.7 Å². The number of rotatable bonds is 1. The molecule has 0 amide bonds. The summed E-state index contributed by atoms with van der Waals surface area (Å²) in [4.78, 5) is 0. The Bertz CT molecular complexity index is 340. The van der Waals surface area contributed by atoms with Crippen molar-refractivity contribution in [1.82, 2.24) is 5.32 Å². The fraction of sp³-hybridized carbons (Fsp3) is 0.400. The lowest BCUT2D eigenvalue weighted by atomic mass is 9.98. The van der Waals surface area contributed by atoms with E-state index in [1.54, 1.807) is 11.3 Å². The van der Waals surface area contributed by atoms with E-state index in [-0.39, 0.29) is 0 Å². The Morgan fingerprint density at radius 1 is 1.54 bits per heavy atom. The van der Waals surface area contributed by atoms with Crippen LogP contribution in [0.1, 0.15) is 18.9 Å². The first-order valence-electron chi connectivity index (χ1n) is 4.42. The highest BCUT2D eigenvalue weighted by atomic mass is 35.5. The van der Waals surface area contributed by atoms with Crippen LogP contribution >= 0.6 is 22.9 Å². The summed E-state index contributed by atoms with van der Waals surface area (Å²) in [5.41, 5.74) is 4.08. The minimum absolute atomic E-state index is 0.915. The summed E-state index contributed by atoms with van der Waals surface area (Å²) in [5.74, 6) is 0. The van der Waals surface area contributed by atoms with Crippen LogP contribution in [0.2, 0.25) is 4.34 Å². The molecule has 1 aromatic heterocycles. The number of nitrogens with one attached hydrogen (secondary N) is 1. The molecule has 0 unspecified atom stereocenters. The molecule has 2 rings (SSSR count). The van der Waals surface area contributed by atoms with Gasteiger partial charge in [0.05, 0.1) is 0 Å². The number of halogens is 1. The van der Waals surface area contributed by atoms with Crippen LogP contribution in [0, 0.1) is 0 Å². The lowest BCUT2D eigenvalue weighted by Crippen LogP contribution is -2.23. The molecule has 1 aromatic rings. The van der Waals surface area contributed by atoms with Crippen LogP contribution in [0.5, 0.6) is 0 Å². The summed E-state index contributed by atoms with van der Waals surface area (Å²) < 4.78 is 0.915. The molecule has 0 bridgehead atoms. The van der Waals surface area contributed by atoms with E-state index in [1.807, 2.05) is 5.38 Å². The van der Waals surface area contributed by atoms with Crippen molar-refractivity contribution in [2.24, 2.45) is 0 Å². The first kappa shape index (κ1) is 9.25. The van der Waals surface area contributed by atoms with Gasteiger partial charge >= 0.3 is 0 Å². The first-order valence-corrected chi connectivity index (χ1v) is 5.67. The van der Waals surface area contributed by atoms with Gasteiger partial charge in [0.2, 0.25) is 0 Å². The lowest BCUT2D eigenvalue weighted by molar-refractivity contribution is 0.715. The molecular formula is C10H12ClNS. The van der Waals surface area contributed by atoms with E-state index in [4.69, 9.17) is 11.6 Å². The van der Waals surface area contributed by atoms with E-state index in [0.29, 0.717) is 0 Å². The van der Waals surface area contributed by atoms with Crippen molar-refractivity contribution in [2.45, 2.75) is 13.3 Å². The lowest BCUT2D eigenvalue weighted by Gasteiger charge is -2.18. The zero-order valence-electron chi connectivity index (χ0n) is 7.56. The quantitative estimate of drug-likeness (QED) is 0.756. The first-order chi connectivity index (χ1) is 6.29. The van der Waals surface area contributed by atoms with Gasteiger partial charge < -0.3 is 5.32 Å². The van der Waals surface area contributed by atoms with Crippen molar-refractivity contribution in [1.29, 1.82) is 0 Å². The topological polar surface area (TPSA) is 12.0 Å². The molecule has 70 valence electrons. The maximum absolute atomic E-state index is 6.10. The Balaban J connectivity index is 2.40. The summed E-state index contributed by atoms with van der Waals surface area (Å²) in [7, 11) is 0. The molecule has 0 atom stereocenters. The van der Waals surface area contributed by atoms with Crippen molar-refractivity contribution in [3.05, 3.63) is 26.9 Å². The molecule has 0 fully saturated rings. The Labute approximate surface area is 87.4 Å². The SMILES string of the molecule is CC1=C(c2ccsc2Cl)CNCC1. The molecule has 1 nitrogen and oxygen atoms in total. The third kappa shape index (κ3) is 1.80. The van der Waals surface area contributed by atoms with E-state index in [0.717, 1.165) is 23.8 Å². The predicted molar refractivity (Wildman–Crippen MR) is 59.4 cm³/mol. The van der Waals surface area contributed by atoms with Crippen LogP contribution < -0.4 is 5.32 Å². The summed E-state index contributed by atoms with van der Waals surface area (Å²) in [6.45, 7) is 4.25. The summed E-state index contributed by atoms with van der Waals surface area (Å²) in [5, 5.41) is 5.42. The van der Waals surface area contributed by atoms with Gasteiger partial charge in [-0.15, -0.1) is 11.3 Å². The van der Waals surface area contributed by atoms with Gasteiger partial charge in [0, 0.05) is 12.1 Å². The van der Waals surface area contributed by atoms with Crippen LogP contribution in [0.3, 0.4) is 0 Å². The second kappa shape index (κ2) is 3.82. The third-order valence-corrected chi connectivity index (χ3v) is 3.61. The smallest absolute Gasteiger partial charge is 0.100 e. The molecule has 2 heterocycles. The average Bonchev–Trinajstić information content (AvgIpc) is 2.52. The molecule has 0 radical (unpaired) electrons. The standard InChI is InChI=1S/C10H12ClNS/c1-7-2-4-12-6-9(7)8-3-5-13-10(8)11/h3,5,12H,2,4,6H2,1H3. The van der Waals surface area contributed by atoms with Crippen molar-refractivity contribution in [3.63, 3.8) is 0 Å². The molecule has 1 aliphatic heterocycles. The zero-order chi connectivity index (χ0) is 9.26. The van der Waals surface area contributed by atoms with Gasteiger partial charge in [-0.25, -0.2) is 0 Å². The van der Waals surface area contributed by atoms with Gasteiger partial charge in [0.15, 0.2) is 0 Å². The number of thiophene rings is 1. The highest BCUT2D eigenvalue weighted by Crippen LogP contribution is 2.32. The molecule has 1 N–H and O–H groups in total. The normalized spacial score (nSPS) is 18.0. The second-order valence-electron chi connectivity index (χ2n) is 3.29. The van der Waals surface area contributed by atoms with Gasteiger partial charge in [0.1, 0.15) is 4.34 Å². The molecule has 0 spiro atoms. The van der Waals surface area contributed by atoms with Crippen LogP contribution in [-0.4, -0.2) is 13.1 Å². The van der Waals surface area contributed by atoms with E-state index in [9.17, 15) is 0 Å². The van der Waals surface area contributed by atoms with Crippen LogP contribution in [0.25, 0.3) is 5.57 Å². The third-order valence-electron chi connectivity index (χ3n) is 2.44. The minimum Gasteiger partial charge on any atom is -0.312 e. The van der Waals surface area contributed by atoms with Crippen LogP contribution in [0.15, 0.2) is 17.0 Å². The Morgan fingerprint density at radius 3 is 3.00 bits per heavy atom. The largest absolute Gasteiger partial charge is 0.312 e. The molecule has 13 heavy (non-hydrogen) atoms. The second-order valence-corrected chi connectivity index (χ2v) is 4.81. The fourth-order valence-electron chi connectivity index (χ4n) is 1.63. The van der Waals surface area contributed by atoms with Gasteiger partial charge in [-0.3, -0.25) is 0 Å². The predicted octanol–water partition coefficient (Wildman–Crippen LogP) is 3.17. The molecule has 0 aliphatic carbocycles. The fourth-order valence-corrected chi connectivity index (χ4v) is 2.60. The van der Waals surface area contributed by atoms with Gasteiger partial charge in [-0.05, 0) is 36.9 Å². The Kier molecular flexibility index (Phi) is 2.72. The molecule has 0 aromatic carbocycles. The molecule has 0 saturated heterocycles. The average molecular weight is 214 g/mol. The van der Waals surface area contributed by atoms with E-state index < -0.39 is 0 Å². The van der Waals surface area contributed by atoms with E-state index >= 15 is 0 Å². The summed E-state index contributed by atoms with van der Waals surface area (Å²) in [6.07, 6.45) is 1.14. The molecular weight excluding hydrogens is 202 g/mol. The monoisotopic (exact) mass is 213 g/mol. The Hall–Kier alpha value is -0.310. The number of hydrogen-bond acceptors (Lipinski definition) is 2. The maximum atomic E-state index is 6.10. The van der Waals surface area contributed by atoms with Crippen molar-refractivity contribution < 1.29 is 0 Å². The van der Waals surface area contributed by atoms with Crippen molar-refractivity contribution >= 4 is 28.5 Å². The van der Waals surface area contributed by atoms with Gasteiger partial charge in [0.25, 0.3) is 0 Å². The van der Waals surface area contributed by atoms with Crippen molar-refractivity contribution in [2.75, 3.05) is 13.1 Å². The van der Waals surface area contributed by atoms with E-state index in [2.05, 4.69) is 18.3 Å². The molecule has 0 saturated carbocycles. The summed E-state index contributed by atoms with van der Waals surface area (Å²) in [6, 6.07) is 2.11. The van der Waals surface area contributed by atoms with Gasteiger partial charge in [-0.1, -0.05) is 17.2 Å². The minimum atomic E-state index is 0.915. The van der Waals surface area contributed by atoms with Crippen molar-refractivity contribution in [3.8, 4) is 0 Å². The number of hydrogen-bond donors (Lipinski definition) is 1. The zero-order valence-corrected chi connectivity index (χ0v) is 9.13. The van der Waals surface area contributed by atoms with Crippen LogP contribution in [0.4, 0.5) is 0 Å². The highest BCUT2D eigenvalue weighted by Gasteiger charge is 2.13. The molecule has 1 aliphatic rings. The Morgan fingerprint density at radius 2 is 2.38 bits per heavy atom. The van der Waals surface area contributed by atoms with Crippen LogP contribution in [-0.2, 0) is 0 Å². The summed E-state index contributed by atoms with van der Waals surface area (Å²) >= 11 is 7.70. The highest BCUT2D eigenvalue weighted by molar-refractivity contribution is 7.14. The molecule has 3 heteroatoms.